The quantitative estimate of drug-likeness (QED) is 0.143. The smallest absolute Gasteiger partial charge is 0.241 e. The number of hydrogen-bond donors (Lipinski definition) is 0. The second-order valence-electron chi connectivity index (χ2n) is 9.92. The van der Waals surface area contributed by atoms with E-state index in [0.29, 0.717) is 25.2 Å². The largest absolute Gasteiger partial charge is 0.373 e. The summed E-state index contributed by atoms with van der Waals surface area (Å²) >= 11 is 0. The van der Waals surface area contributed by atoms with Crippen molar-refractivity contribution in [1.29, 1.82) is 0 Å². The normalized spacial score (nSPS) is 11.4. The number of carbonyl (C=O) groups excluding carboxylic acids is 2. The summed E-state index contributed by atoms with van der Waals surface area (Å²) in [7, 11) is 5.99. The highest BCUT2D eigenvalue weighted by Gasteiger charge is 2.15. The number of allylic oxidation sites excluding steroid dienone is 4. The van der Waals surface area contributed by atoms with E-state index >= 15 is 0 Å². The Kier molecular flexibility index (Phi) is 16.5. The fourth-order valence-corrected chi connectivity index (χ4v) is 3.68. The zero-order chi connectivity index (χ0) is 28.3. The zero-order valence-electron chi connectivity index (χ0n) is 24.9. The third kappa shape index (κ3) is 12.9. The lowest BCUT2D eigenvalue weighted by Crippen LogP contribution is -2.41. The molecule has 1 aromatic rings. The average Bonchev–Trinajstić information content (AvgIpc) is 2.93. The van der Waals surface area contributed by atoms with Gasteiger partial charge in [0.1, 0.15) is 6.29 Å². The van der Waals surface area contributed by atoms with Crippen LogP contribution in [0.15, 0.2) is 60.0 Å². The Bertz CT molecular complexity index is 976. The van der Waals surface area contributed by atoms with Crippen LogP contribution in [-0.2, 0) is 11.2 Å². The van der Waals surface area contributed by atoms with Gasteiger partial charge < -0.3 is 19.6 Å². The number of hydrogen-bond acceptors (Lipinski definition) is 5. The summed E-state index contributed by atoms with van der Waals surface area (Å²) in [5.41, 5.74) is 7.49. The first kappa shape index (κ1) is 32.9. The Balaban J connectivity index is 3.00. The summed E-state index contributed by atoms with van der Waals surface area (Å²) in [5.74, 6) is 0.0921. The molecule has 0 bridgehead atoms. The van der Waals surface area contributed by atoms with Crippen molar-refractivity contribution in [3.05, 3.63) is 71.1 Å². The lowest BCUT2D eigenvalue weighted by atomic mass is 10.0. The summed E-state index contributed by atoms with van der Waals surface area (Å²) in [6.07, 6.45) is 14.9. The highest BCUT2D eigenvalue weighted by molar-refractivity contribution is 5.78. The number of nitrogens with zero attached hydrogens (tertiary/aromatic N) is 4. The van der Waals surface area contributed by atoms with Gasteiger partial charge in [0.2, 0.25) is 5.91 Å². The minimum Gasteiger partial charge on any atom is -0.373 e. The first-order valence-corrected chi connectivity index (χ1v) is 14.0. The van der Waals surface area contributed by atoms with Crippen molar-refractivity contribution in [1.82, 2.24) is 14.7 Å². The van der Waals surface area contributed by atoms with Crippen LogP contribution in [0.1, 0.15) is 62.9 Å². The van der Waals surface area contributed by atoms with Gasteiger partial charge in [0.05, 0.1) is 6.54 Å². The molecule has 38 heavy (non-hydrogen) atoms. The van der Waals surface area contributed by atoms with Crippen LogP contribution >= 0.6 is 0 Å². The molecule has 0 aliphatic rings. The number of aryl methyl sites for hydroxylation is 1. The van der Waals surface area contributed by atoms with E-state index in [4.69, 9.17) is 0 Å². The molecular weight excluding hydrogens is 472 g/mol. The fraction of sp³-hybridized carbons (Fsp3) is 0.531. The lowest BCUT2D eigenvalue weighted by molar-refractivity contribution is -0.130. The van der Waals surface area contributed by atoms with Crippen LogP contribution in [0.25, 0.3) is 0 Å². The van der Waals surface area contributed by atoms with Gasteiger partial charge in [-0.1, -0.05) is 51.0 Å². The maximum absolute atomic E-state index is 13.0. The number of aldehydes is 1. The van der Waals surface area contributed by atoms with Crippen molar-refractivity contribution >= 4 is 17.9 Å². The maximum atomic E-state index is 13.0. The summed E-state index contributed by atoms with van der Waals surface area (Å²) in [5, 5.41) is 0. The lowest BCUT2D eigenvalue weighted by Gasteiger charge is -2.28. The molecule has 1 amide bonds. The zero-order valence-corrected chi connectivity index (χ0v) is 24.9. The molecule has 0 radical (unpaired) electrons. The Morgan fingerprint density at radius 3 is 2.42 bits per heavy atom. The maximum Gasteiger partial charge on any atom is 0.241 e. The van der Waals surface area contributed by atoms with Crippen molar-refractivity contribution < 1.29 is 9.59 Å². The topological polar surface area (TPSA) is 47.1 Å². The van der Waals surface area contributed by atoms with Crippen molar-refractivity contribution in [2.24, 2.45) is 0 Å². The molecule has 0 fully saturated rings. The molecule has 0 saturated carbocycles. The Hall–Kier alpha value is -3.08. The fourth-order valence-electron chi connectivity index (χ4n) is 3.68. The minimum atomic E-state index is 0.0921. The summed E-state index contributed by atoms with van der Waals surface area (Å²) in [4.78, 5) is 32.7. The van der Waals surface area contributed by atoms with E-state index in [1.165, 1.54) is 11.1 Å². The molecule has 0 atom stereocenters. The first-order valence-electron chi connectivity index (χ1n) is 14.0. The third-order valence-corrected chi connectivity index (χ3v) is 6.81. The standard InChI is InChI=1S/C32H50N4O2/c1-8-11-17-30-19-18-29(27-37)25-31(30)34(6)23-24-36(20-15-13-12-14-16-28(4)9-2)26-32(38)35(7)22-21-33(5)10-3/h13-16,18-20,25,27H,8-11,17,21-24,26H2,1-7H3/b20-15+,28-16+. The molecule has 6 heteroatoms. The van der Waals surface area contributed by atoms with Crippen LogP contribution in [-0.4, -0.2) is 87.3 Å². The number of anilines is 1. The van der Waals surface area contributed by atoms with Gasteiger partial charge in [-0.05, 0) is 69.6 Å². The van der Waals surface area contributed by atoms with Crippen molar-refractivity contribution in [3.63, 3.8) is 0 Å². The number of likely N-dealkylation sites (N-methyl/N-ethyl adjacent to an activating group) is 3. The van der Waals surface area contributed by atoms with Crippen LogP contribution < -0.4 is 4.90 Å². The minimum absolute atomic E-state index is 0.0921. The van der Waals surface area contributed by atoms with Gasteiger partial charge in [-0.15, -0.1) is 5.73 Å². The van der Waals surface area contributed by atoms with Crippen LogP contribution in [0.4, 0.5) is 5.69 Å². The molecule has 1 rings (SSSR count). The Morgan fingerprint density at radius 1 is 1.00 bits per heavy atom. The highest BCUT2D eigenvalue weighted by atomic mass is 16.2. The van der Waals surface area contributed by atoms with Gasteiger partial charge in [-0.2, -0.15) is 0 Å². The molecule has 0 N–H and O–H groups in total. The number of amides is 1. The summed E-state index contributed by atoms with van der Waals surface area (Å²) in [6.45, 7) is 12.7. The van der Waals surface area contributed by atoms with Crippen molar-refractivity contribution in [2.75, 3.05) is 65.3 Å². The van der Waals surface area contributed by atoms with Crippen LogP contribution in [0.3, 0.4) is 0 Å². The monoisotopic (exact) mass is 522 g/mol. The molecule has 0 spiro atoms. The third-order valence-electron chi connectivity index (χ3n) is 6.81. The van der Waals surface area contributed by atoms with Crippen LogP contribution in [0.5, 0.6) is 0 Å². The first-order chi connectivity index (χ1) is 18.2. The van der Waals surface area contributed by atoms with Gasteiger partial charge >= 0.3 is 0 Å². The van der Waals surface area contributed by atoms with E-state index in [1.807, 2.05) is 43.6 Å². The number of benzene rings is 1. The second kappa shape index (κ2) is 19.1. The predicted octanol–water partition coefficient (Wildman–Crippen LogP) is 5.57. The van der Waals surface area contributed by atoms with Gasteiger partial charge in [0.25, 0.3) is 0 Å². The van der Waals surface area contributed by atoms with Crippen molar-refractivity contribution in [2.45, 2.75) is 53.4 Å². The van der Waals surface area contributed by atoms with E-state index in [9.17, 15) is 9.59 Å². The molecule has 1 aromatic carbocycles. The predicted molar refractivity (Wildman–Crippen MR) is 162 cm³/mol. The Labute approximate surface area is 232 Å². The summed E-state index contributed by atoms with van der Waals surface area (Å²) < 4.78 is 0. The molecule has 0 aliphatic heterocycles. The van der Waals surface area contributed by atoms with Crippen LogP contribution in [0, 0.1) is 0 Å². The summed E-state index contributed by atoms with van der Waals surface area (Å²) in [6, 6.07) is 5.94. The molecule has 0 aromatic heterocycles. The number of carbonyl (C=O) groups is 2. The SMILES string of the molecule is CCCCc1ccc(C=O)cc1N(C)CCN(/C=C/C=C=C/C=C(\C)CC)CC(=O)N(C)CCN(C)CC. The molecule has 0 heterocycles. The molecular formula is C32H50N4O2. The number of rotatable bonds is 18. The van der Waals surface area contributed by atoms with E-state index in [0.717, 1.165) is 57.3 Å². The van der Waals surface area contributed by atoms with Gasteiger partial charge in [-0.3, -0.25) is 9.59 Å². The second-order valence-corrected chi connectivity index (χ2v) is 9.92. The number of unbranched alkanes of at least 4 members (excludes halogenated alkanes) is 1. The molecule has 0 aliphatic carbocycles. The van der Waals surface area contributed by atoms with Crippen LogP contribution in [0.2, 0.25) is 0 Å². The van der Waals surface area contributed by atoms with E-state index in [1.54, 1.807) is 4.90 Å². The van der Waals surface area contributed by atoms with E-state index in [-0.39, 0.29) is 5.91 Å². The Morgan fingerprint density at radius 2 is 1.76 bits per heavy atom. The molecule has 0 saturated heterocycles. The molecule has 6 nitrogen and oxygen atoms in total. The van der Waals surface area contributed by atoms with Gasteiger partial charge in [0.15, 0.2) is 0 Å². The molecule has 0 unspecified atom stereocenters. The van der Waals surface area contributed by atoms with Gasteiger partial charge in [-0.25, -0.2) is 0 Å². The molecule has 210 valence electrons. The van der Waals surface area contributed by atoms with E-state index in [2.05, 4.69) is 74.4 Å². The van der Waals surface area contributed by atoms with E-state index < -0.39 is 0 Å². The average molecular weight is 523 g/mol. The van der Waals surface area contributed by atoms with Gasteiger partial charge in [0, 0.05) is 57.7 Å². The highest BCUT2D eigenvalue weighted by Crippen LogP contribution is 2.23. The van der Waals surface area contributed by atoms with Crippen molar-refractivity contribution in [3.8, 4) is 0 Å².